The zero-order valence-electron chi connectivity index (χ0n) is 15.7. The van der Waals surface area contributed by atoms with E-state index in [0.29, 0.717) is 0 Å². The molecule has 140 valence electrons. The Labute approximate surface area is 164 Å². The number of hydrogen-bond acceptors (Lipinski definition) is 5. The Hall–Kier alpha value is -1.73. The van der Waals surface area contributed by atoms with Gasteiger partial charge in [0.05, 0.1) is 17.2 Å². The summed E-state index contributed by atoms with van der Waals surface area (Å²) in [7, 11) is 3.87. The van der Waals surface area contributed by atoms with E-state index in [2.05, 4.69) is 54.7 Å². The van der Waals surface area contributed by atoms with Gasteiger partial charge in [-0.3, -0.25) is 4.99 Å². The second-order valence-electron chi connectivity index (χ2n) is 6.38. The van der Waals surface area contributed by atoms with Gasteiger partial charge in [0.1, 0.15) is 0 Å². The number of hydrogen-bond donors (Lipinski definition) is 1. The van der Waals surface area contributed by atoms with Crippen LogP contribution in [-0.2, 0) is 13.1 Å². The molecule has 5 nitrogen and oxygen atoms in total. The van der Waals surface area contributed by atoms with Crippen molar-refractivity contribution >= 4 is 34.7 Å². The zero-order valence-corrected chi connectivity index (χ0v) is 17.4. The third kappa shape index (κ3) is 5.14. The first kappa shape index (κ1) is 19.0. The predicted octanol–water partition coefficient (Wildman–Crippen LogP) is 3.21. The standard InChI is InChI=1S/C19H27N5S2/c1-15-22-17(14-26-15)13-23(3)19(20-2)21-12-16-4-6-18(7-5-16)24-8-10-25-11-9-24/h4-7,14H,8-13H2,1-3H3,(H,20,21). The van der Waals surface area contributed by atoms with Crippen molar-refractivity contribution in [2.24, 2.45) is 4.99 Å². The number of aromatic nitrogens is 1. The molecule has 1 saturated heterocycles. The summed E-state index contributed by atoms with van der Waals surface area (Å²) in [5, 5.41) is 6.65. The van der Waals surface area contributed by atoms with Crippen LogP contribution in [0.3, 0.4) is 0 Å². The van der Waals surface area contributed by atoms with E-state index in [-0.39, 0.29) is 0 Å². The van der Waals surface area contributed by atoms with E-state index < -0.39 is 0 Å². The number of nitrogens with zero attached hydrogens (tertiary/aromatic N) is 4. The van der Waals surface area contributed by atoms with Gasteiger partial charge < -0.3 is 15.1 Å². The molecule has 1 fully saturated rings. The average molecular weight is 390 g/mol. The van der Waals surface area contributed by atoms with E-state index in [1.807, 2.05) is 32.8 Å². The minimum atomic E-state index is 0.760. The number of anilines is 1. The van der Waals surface area contributed by atoms with Crippen LogP contribution in [0, 0.1) is 6.92 Å². The second kappa shape index (κ2) is 9.28. The smallest absolute Gasteiger partial charge is 0.194 e. The van der Waals surface area contributed by atoms with E-state index in [4.69, 9.17) is 0 Å². The quantitative estimate of drug-likeness (QED) is 0.628. The van der Waals surface area contributed by atoms with Gasteiger partial charge in [-0.15, -0.1) is 11.3 Å². The largest absolute Gasteiger partial charge is 0.370 e. The molecule has 1 N–H and O–H groups in total. The first-order valence-electron chi connectivity index (χ1n) is 8.90. The Morgan fingerprint density at radius 1 is 1.27 bits per heavy atom. The summed E-state index contributed by atoms with van der Waals surface area (Å²) < 4.78 is 0. The maximum Gasteiger partial charge on any atom is 0.194 e. The first-order chi connectivity index (χ1) is 12.7. The molecule has 1 aromatic heterocycles. The number of thiazole rings is 1. The molecule has 0 unspecified atom stereocenters. The Morgan fingerprint density at radius 3 is 2.62 bits per heavy atom. The van der Waals surface area contributed by atoms with Gasteiger partial charge in [0.25, 0.3) is 0 Å². The van der Waals surface area contributed by atoms with Crippen molar-refractivity contribution in [3.8, 4) is 0 Å². The van der Waals surface area contributed by atoms with E-state index >= 15 is 0 Å². The highest BCUT2D eigenvalue weighted by Crippen LogP contribution is 2.20. The lowest BCUT2D eigenvalue weighted by Crippen LogP contribution is -2.38. The van der Waals surface area contributed by atoms with Gasteiger partial charge in [0.2, 0.25) is 0 Å². The minimum absolute atomic E-state index is 0.760. The van der Waals surface area contributed by atoms with Crippen LogP contribution in [0.25, 0.3) is 0 Å². The van der Waals surface area contributed by atoms with Gasteiger partial charge >= 0.3 is 0 Å². The van der Waals surface area contributed by atoms with Gasteiger partial charge in [-0.05, 0) is 24.6 Å². The third-order valence-corrected chi connectivity index (χ3v) is 6.17. The number of nitrogens with one attached hydrogen (secondary N) is 1. The fourth-order valence-electron chi connectivity index (χ4n) is 3.01. The SMILES string of the molecule is CN=C(NCc1ccc(N2CCSCC2)cc1)N(C)Cc1csc(C)n1. The van der Waals surface area contributed by atoms with Crippen molar-refractivity contribution in [3.05, 3.63) is 45.9 Å². The van der Waals surface area contributed by atoms with Crippen molar-refractivity contribution < 1.29 is 0 Å². The lowest BCUT2D eigenvalue weighted by atomic mass is 10.2. The summed E-state index contributed by atoms with van der Waals surface area (Å²) in [6.45, 7) is 5.86. The lowest BCUT2D eigenvalue weighted by molar-refractivity contribution is 0.470. The topological polar surface area (TPSA) is 43.8 Å². The molecule has 0 saturated carbocycles. The number of thioether (sulfide) groups is 1. The molecule has 26 heavy (non-hydrogen) atoms. The maximum absolute atomic E-state index is 4.53. The molecule has 1 aliphatic rings. The normalized spacial score (nSPS) is 15.2. The van der Waals surface area contributed by atoms with Crippen molar-refractivity contribution in [3.63, 3.8) is 0 Å². The summed E-state index contributed by atoms with van der Waals surface area (Å²) >= 11 is 3.73. The van der Waals surface area contributed by atoms with Gasteiger partial charge in [-0.1, -0.05) is 12.1 Å². The molecule has 2 aromatic rings. The molecule has 1 aliphatic heterocycles. The lowest BCUT2D eigenvalue weighted by Gasteiger charge is -2.28. The Bertz CT molecular complexity index is 720. The van der Waals surface area contributed by atoms with Gasteiger partial charge in [0.15, 0.2) is 5.96 Å². The molecule has 0 spiro atoms. The third-order valence-electron chi connectivity index (χ3n) is 4.40. The molecule has 0 atom stereocenters. The maximum atomic E-state index is 4.53. The van der Waals surface area contributed by atoms with Crippen LogP contribution in [0.2, 0.25) is 0 Å². The highest BCUT2D eigenvalue weighted by Gasteiger charge is 2.11. The summed E-state index contributed by atoms with van der Waals surface area (Å²) in [5.74, 6) is 3.34. The predicted molar refractivity (Wildman–Crippen MR) is 114 cm³/mol. The molecule has 0 bridgehead atoms. The molecular formula is C19H27N5S2. The Balaban J connectivity index is 1.53. The molecule has 0 amide bonds. The van der Waals surface area contributed by atoms with Crippen LogP contribution in [-0.4, -0.2) is 54.5 Å². The van der Waals surface area contributed by atoms with Crippen molar-refractivity contribution in [1.29, 1.82) is 0 Å². The summed E-state index contributed by atoms with van der Waals surface area (Å²) in [5.41, 5.74) is 3.68. The number of benzene rings is 1. The van der Waals surface area contributed by atoms with Gasteiger partial charge in [0, 0.05) is 56.3 Å². The fraction of sp³-hybridized carbons (Fsp3) is 0.474. The highest BCUT2D eigenvalue weighted by atomic mass is 32.2. The average Bonchev–Trinajstić information content (AvgIpc) is 3.08. The van der Waals surface area contributed by atoms with Crippen LogP contribution in [0.5, 0.6) is 0 Å². The molecule has 3 rings (SSSR count). The summed E-state index contributed by atoms with van der Waals surface area (Å²) in [6.07, 6.45) is 0. The minimum Gasteiger partial charge on any atom is -0.370 e. The van der Waals surface area contributed by atoms with Crippen LogP contribution < -0.4 is 10.2 Å². The monoisotopic (exact) mass is 389 g/mol. The Morgan fingerprint density at radius 2 is 2.00 bits per heavy atom. The van der Waals surface area contributed by atoms with Crippen LogP contribution >= 0.6 is 23.1 Å². The fourth-order valence-corrected chi connectivity index (χ4v) is 4.52. The van der Waals surface area contributed by atoms with E-state index in [1.165, 1.54) is 22.8 Å². The van der Waals surface area contributed by atoms with Gasteiger partial charge in [-0.2, -0.15) is 11.8 Å². The van der Waals surface area contributed by atoms with E-state index in [0.717, 1.165) is 42.8 Å². The Kier molecular flexibility index (Phi) is 6.80. The molecular weight excluding hydrogens is 362 g/mol. The molecule has 0 radical (unpaired) electrons. The van der Waals surface area contributed by atoms with E-state index in [1.54, 1.807) is 11.3 Å². The molecule has 2 heterocycles. The second-order valence-corrected chi connectivity index (χ2v) is 8.67. The first-order valence-corrected chi connectivity index (χ1v) is 10.9. The number of guanidine groups is 1. The molecule has 7 heteroatoms. The van der Waals surface area contributed by atoms with Gasteiger partial charge in [-0.25, -0.2) is 4.98 Å². The number of aryl methyl sites for hydroxylation is 1. The number of aliphatic imine (C=N–C) groups is 1. The zero-order chi connectivity index (χ0) is 18.4. The summed E-state index contributed by atoms with van der Waals surface area (Å²) in [4.78, 5) is 13.5. The van der Waals surface area contributed by atoms with E-state index in [9.17, 15) is 0 Å². The van der Waals surface area contributed by atoms with Crippen LogP contribution in [0.4, 0.5) is 5.69 Å². The van der Waals surface area contributed by atoms with Crippen molar-refractivity contribution in [2.75, 3.05) is 43.6 Å². The molecule has 0 aliphatic carbocycles. The molecule has 1 aromatic carbocycles. The van der Waals surface area contributed by atoms with Crippen LogP contribution in [0.15, 0.2) is 34.6 Å². The number of rotatable bonds is 5. The summed E-state index contributed by atoms with van der Waals surface area (Å²) in [6, 6.07) is 8.89. The highest BCUT2D eigenvalue weighted by molar-refractivity contribution is 7.99. The van der Waals surface area contributed by atoms with Crippen LogP contribution in [0.1, 0.15) is 16.3 Å². The van der Waals surface area contributed by atoms with Crippen molar-refractivity contribution in [1.82, 2.24) is 15.2 Å². The van der Waals surface area contributed by atoms with Crippen molar-refractivity contribution in [2.45, 2.75) is 20.0 Å².